The minimum Gasteiger partial charge on any atom is -0.485 e. The van der Waals surface area contributed by atoms with Gasteiger partial charge in [0.15, 0.2) is 12.4 Å². The largest absolute Gasteiger partial charge is 0.485 e. The Labute approximate surface area is 123 Å². The van der Waals surface area contributed by atoms with Crippen LogP contribution in [0.25, 0.3) is 0 Å². The van der Waals surface area contributed by atoms with Crippen LogP contribution in [0.2, 0.25) is 5.02 Å². The second kappa shape index (κ2) is 6.17. The average molecular weight is 344 g/mol. The Morgan fingerprint density at radius 1 is 1.26 bits per heavy atom. The van der Waals surface area contributed by atoms with Crippen molar-refractivity contribution in [2.24, 2.45) is 0 Å². The smallest absolute Gasteiger partial charge is 0.200 e. The molecule has 0 bridgehead atoms. The van der Waals surface area contributed by atoms with Gasteiger partial charge in [0.05, 0.1) is 5.02 Å². The summed E-state index contributed by atoms with van der Waals surface area (Å²) < 4.78 is 19.2. The SMILES string of the molecule is O=C(COc1ccc(Cl)c(F)c1)c1cccc(Br)c1. The van der Waals surface area contributed by atoms with E-state index < -0.39 is 5.82 Å². The first-order valence-electron chi connectivity index (χ1n) is 5.43. The summed E-state index contributed by atoms with van der Waals surface area (Å²) in [6, 6.07) is 11.0. The number of rotatable bonds is 4. The summed E-state index contributed by atoms with van der Waals surface area (Å²) in [5.41, 5.74) is 0.531. The van der Waals surface area contributed by atoms with Gasteiger partial charge in [-0.25, -0.2) is 4.39 Å². The third kappa shape index (κ3) is 3.78. The second-order valence-electron chi connectivity index (χ2n) is 3.80. The standard InChI is InChI=1S/C14H9BrClFO2/c15-10-3-1-2-9(6-10)14(18)8-19-11-4-5-12(16)13(17)7-11/h1-7H,8H2. The number of hydrogen-bond donors (Lipinski definition) is 0. The first-order chi connectivity index (χ1) is 9.06. The Kier molecular flexibility index (Phi) is 4.56. The lowest BCUT2D eigenvalue weighted by molar-refractivity contribution is 0.0921. The van der Waals surface area contributed by atoms with Crippen LogP contribution in [0.1, 0.15) is 10.4 Å². The van der Waals surface area contributed by atoms with Gasteiger partial charge in [-0.05, 0) is 24.3 Å². The lowest BCUT2D eigenvalue weighted by Gasteiger charge is -2.06. The average Bonchev–Trinajstić information content (AvgIpc) is 2.40. The zero-order chi connectivity index (χ0) is 13.8. The minimum atomic E-state index is -0.575. The van der Waals surface area contributed by atoms with E-state index in [1.807, 2.05) is 6.07 Å². The molecule has 0 aliphatic rings. The maximum Gasteiger partial charge on any atom is 0.200 e. The highest BCUT2D eigenvalue weighted by molar-refractivity contribution is 9.10. The van der Waals surface area contributed by atoms with Gasteiger partial charge in [-0.15, -0.1) is 0 Å². The van der Waals surface area contributed by atoms with Crippen molar-refractivity contribution < 1.29 is 13.9 Å². The molecule has 0 atom stereocenters. The topological polar surface area (TPSA) is 26.3 Å². The predicted octanol–water partition coefficient (Wildman–Crippen LogP) is 4.50. The highest BCUT2D eigenvalue weighted by Crippen LogP contribution is 2.20. The van der Waals surface area contributed by atoms with Gasteiger partial charge in [-0.2, -0.15) is 0 Å². The zero-order valence-corrected chi connectivity index (χ0v) is 12.0. The van der Waals surface area contributed by atoms with Crippen molar-refractivity contribution in [2.45, 2.75) is 0 Å². The molecule has 0 fully saturated rings. The summed E-state index contributed by atoms with van der Waals surface area (Å²) >= 11 is 8.84. The van der Waals surface area contributed by atoms with E-state index in [0.717, 1.165) is 10.5 Å². The first kappa shape index (κ1) is 14.0. The highest BCUT2D eigenvalue weighted by atomic mass is 79.9. The van der Waals surface area contributed by atoms with Crippen molar-refractivity contribution in [1.82, 2.24) is 0 Å². The van der Waals surface area contributed by atoms with E-state index >= 15 is 0 Å². The van der Waals surface area contributed by atoms with E-state index in [0.29, 0.717) is 5.56 Å². The van der Waals surface area contributed by atoms with Crippen molar-refractivity contribution >= 4 is 33.3 Å². The molecule has 0 aromatic heterocycles. The summed E-state index contributed by atoms with van der Waals surface area (Å²) in [6.07, 6.45) is 0. The van der Waals surface area contributed by atoms with Crippen molar-refractivity contribution in [2.75, 3.05) is 6.61 Å². The van der Waals surface area contributed by atoms with E-state index in [9.17, 15) is 9.18 Å². The maximum absolute atomic E-state index is 13.2. The van der Waals surface area contributed by atoms with Gasteiger partial charge >= 0.3 is 0 Å². The van der Waals surface area contributed by atoms with Crippen LogP contribution in [0.4, 0.5) is 4.39 Å². The molecule has 5 heteroatoms. The lowest BCUT2D eigenvalue weighted by Crippen LogP contribution is -2.11. The number of carbonyl (C=O) groups excluding carboxylic acids is 1. The summed E-state index contributed by atoms with van der Waals surface area (Å²) in [7, 11) is 0. The molecule has 0 amide bonds. The molecule has 0 unspecified atom stereocenters. The van der Waals surface area contributed by atoms with Crippen molar-refractivity contribution in [3.63, 3.8) is 0 Å². The number of Topliss-reactive ketones (excluding diaryl/α,β-unsaturated/α-hetero) is 1. The lowest BCUT2D eigenvalue weighted by atomic mass is 10.1. The fraction of sp³-hybridized carbons (Fsp3) is 0.0714. The molecule has 0 N–H and O–H groups in total. The molecule has 0 heterocycles. The fourth-order valence-corrected chi connectivity index (χ4v) is 1.98. The van der Waals surface area contributed by atoms with Crippen LogP contribution in [0.5, 0.6) is 5.75 Å². The van der Waals surface area contributed by atoms with Gasteiger partial charge in [0.25, 0.3) is 0 Å². The van der Waals surface area contributed by atoms with Crippen LogP contribution in [-0.2, 0) is 0 Å². The Balaban J connectivity index is 2.02. The summed E-state index contributed by atoms with van der Waals surface area (Å²) in [6.45, 7) is -0.155. The summed E-state index contributed by atoms with van der Waals surface area (Å²) in [5, 5.41) is 0.0191. The van der Waals surface area contributed by atoms with Gasteiger partial charge < -0.3 is 4.74 Å². The third-order valence-corrected chi connectivity index (χ3v) is 3.21. The Morgan fingerprint density at radius 3 is 2.74 bits per heavy atom. The fourth-order valence-electron chi connectivity index (χ4n) is 1.46. The molecule has 2 rings (SSSR count). The van der Waals surface area contributed by atoms with Crippen LogP contribution in [0, 0.1) is 5.82 Å². The molecule has 98 valence electrons. The third-order valence-electron chi connectivity index (χ3n) is 2.41. The minimum absolute atomic E-state index is 0.0191. The van der Waals surface area contributed by atoms with Crippen LogP contribution < -0.4 is 4.74 Å². The van der Waals surface area contributed by atoms with E-state index in [4.69, 9.17) is 16.3 Å². The zero-order valence-electron chi connectivity index (χ0n) is 9.70. The van der Waals surface area contributed by atoms with Crippen LogP contribution in [-0.4, -0.2) is 12.4 Å². The maximum atomic E-state index is 13.2. The summed E-state index contributed by atoms with van der Waals surface area (Å²) in [5.74, 6) is -0.490. The van der Waals surface area contributed by atoms with Crippen molar-refractivity contribution in [1.29, 1.82) is 0 Å². The van der Waals surface area contributed by atoms with E-state index in [-0.39, 0.29) is 23.2 Å². The Hall–Kier alpha value is -1.39. The number of hydrogen-bond acceptors (Lipinski definition) is 2. The van der Waals surface area contributed by atoms with Crippen molar-refractivity contribution in [3.05, 3.63) is 63.3 Å². The molecule has 2 aromatic rings. The van der Waals surface area contributed by atoms with Gasteiger partial charge in [0.2, 0.25) is 0 Å². The molecule has 19 heavy (non-hydrogen) atoms. The predicted molar refractivity (Wildman–Crippen MR) is 75.4 cm³/mol. The normalized spacial score (nSPS) is 10.3. The number of ketones is 1. The molecule has 2 nitrogen and oxygen atoms in total. The van der Waals surface area contributed by atoms with Gasteiger partial charge in [0, 0.05) is 16.1 Å². The number of halogens is 3. The van der Waals surface area contributed by atoms with Gasteiger partial charge in [-0.3, -0.25) is 4.79 Å². The summed E-state index contributed by atoms with van der Waals surface area (Å²) in [4.78, 5) is 11.9. The molecule has 0 saturated carbocycles. The number of ether oxygens (including phenoxy) is 1. The van der Waals surface area contributed by atoms with E-state index in [1.165, 1.54) is 12.1 Å². The van der Waals surface area contributed by atoms with Crippen LogP contribution in [0.3, 0.4) is 0 Å². The highest BCUT2D eigenvalue weighted by Gasteiger charge is 2.08. The molecule has 0 aliphatic carbocycles. The van der Waals surface area contributed by atoms with Crippen LogP contribution in [0.15, 0.2) is 46.9 Å². The monoisotopic (exact) mass is 342 g/mol. The quantitative estimate of drug-likeness (QED) is 0.764. The molecular formula is C14H9BrClFO2. The second-order valence-corrected chi connectivity index (χ2v) is 5.12. The first-order valence-corrected chi connectivity index (χ1v) is 6.60. The molecule has 0 saturated heterocycles. The molecule has 2 aromatic carbocycles. The van der Waals surface area contributed by atoms with Gasteiger partial charge in [0.1, 0.15) is 11.6 Å². The van der Waals surface area contributed by atoms with E-state index in [2.05, 4.69) is 15.9 Å². The van der Waals surface area contributed by atoms with Crippen LogP contribution >= 0.6 is 27.5 Å². The number of carbonyl (C=O) groups is 1. The molecular weight excluding hydrogens is 335 g/mol. The molecule has 0 aliphatic heterocycles. The van der Waals surface area contributed by atoms with Crippen molar-refractivity contribution in [3.8, 4) is 5.75 Å². The molecule has 0 spiro atoms. The molecule has 0 radical (unpaired) electrons. The van der Waals surface area contributed by atoms with Gasteiger partial charge in [-0.1, -0.05) is 39.7 Å². The number of benzene rings is 2. The Bertz CT molecular complexity index is 616. The Morgan fingerprint density at radius 2 is 2.05 bits per heavy atom. The van der Waals surface area contributed by atoms with E-state index in [1.54, 1.807) is 18.2 Å².